The summed E-state index contributed by atoms with van der Waals surface area (Å²) in [6.45, 7) is 0. The van der Waals surface area contributed by atoms with Crippen LogP contribution in [0.4, 0.5) is 74.6 Å². The van der Waals surface area contributed by atoms with E-state index in [1.807, 2.05) is 0 Å². The summed E-state index contributed by atoms with van der Waals surface area (Å²) in [5.74, 6) is -56.6. The van der Waals surface area contributed by atoms with Crippen molar-refractivity contribution in [2.45, 2.75) is 91.4 Å². The van der Waals surface area contributed by atoms with E-state index < -0.39 is 59.8 Å². The van der Waals surface area contributed by atoms with Crippen LogP contribution in [0.25, 0.3) is 0 Å². The minimum absolute atomic E-state index is 0.0314. The van der Waals surface area contributed by atoms with Crippen LogP contribution in [-0.2, 0) is 0 Å². The van der Waals surface area contributed by atoms with Gasteiger partial charge in [-0.15, -0.1) is 0 Å². The summed E-state index contributed by atoms with van der Waals surface area (Å²) in [6, 6.07) is 0. The third-order valence-electron chi connectivity index (χ3n) is 6.52. The maximum Gasteiger partial charge on any atom is 0.460 e. The fraction of sp³-hybridized carbons (Fsp3) is 1.00. The molecule has 0 aromatic rings. The van der Waals surface area contributed by atoms with E-state index in [4.69, 9.17) is 0 Å². The minimum atomic E-state index is -8.57. The van der Waals surface area contributed by atoms with Crippen LogP contribution in [0.2, 0.25) is 0 Å². The summed E-state index contributed by atoms with van der Waals surface area (Å²) in [5.41, 5.74) is 0. The summed E-state index contributed by atoms with van der Waals surface area (Å²) in [5, 5.41) is -0.378. The Kier molecular flexibility index (Phi) is 7.95. The van der Waals surface area contributed by atoms with Gasteiger partial charge in [-0.1, -0.05) is 12.8 Å². The molecule has 36 heavy (non-hydrogen) atoms. The Morgan fingerprint density at radius 1 is 0.500 bits per heavy atom. The maximum atomic E-state index is 13.9. The predicted molar refractivity (Wildman–Crippen MR) is 91.6 cm³/mol. The van der Waals surface area contributed by atoms with Gasteiger partial charge in [0, 0.05) is 11.7 Å². The number of fused-ring (bicyclic) bond motifs is 3. The molecular weight excluding hydrogens is 571 g/mol. The molecule has 3 aliphatic carbocycles. The highest BCUT2D eigenvalue weighted by atomic mass is 32.2. The van der Waals surface area contributed by atoms with Gasteiger partial charge in [0.15, 0.2) is 0 Å². The Morgan fingerprint density at radius 2 is 0.889 bits per heavy atom. The van der Waals surface area contributed by atoms with Gasteiger partial charge in [0.2, 0.25) is 0 Å². The number of halogens is 17. The van der Waals surface area contributed by atoms with Crippen LogP contribution in [-0.4, -0.2) is 58.6 Å². The first-order valence-electron chi connectivity index (χ1n) is 10.1. The quantitative estimate of drug-likeness (QED) is 0.230. The van der Waals surface area contributed by atoms with Crippen LogP contribution in [0.1, 0.15) is 38.5 Å². The van der Waals surface area contributed by atoms with Crippen LogP contribution < -0.4 is 0 Å². The lowest BCUT2D eigenvalue weighted by Crippen LogP contribution is -2.74. The van der Waals surface area contributed by atoms with Gasteiger partial charge < -0.3 is 0 Å². The predicted octanol–water partition coefficient (Wildman–Crippen LogP) is 8.70. The molecule has 0 aromatic carbocycles. The first-order valence-corrected chi connectivity index (χ1v) is 11.2. The van der Waals surface area contributed by atoms with E-state index in [1.54, 1.807) is 0 Å². The largest absolute Gasteiger partial charge is 0.460 e. The summed E-state index contributed by atoms with van der Waals surface area (Å²) >= 11 is 0.599. The molecule has 3 rings (SSSR count). The number of alkyl halides is 17. The van der Waals surface area contributed by atoms with Crippen LogP contribution in [0.5, 0.6) is 0 Å². The van der Waals surface area contributed by atoms with Crippen molar-refractivity contribution in [3.8, 4) is 0 Å². The molecule has 1 atom stereocenters. The van der Waals surface area contributed by atoms with Crippen molar-refractivity contribution in [3.63, 3.8) is 0 Å². The van der Waals surface area contributed by atoms with Crippen molar-refractivity contribution in [1.29, 1.82) is 0 Å². The zero-order valence-corrected chi connectivity index (χ0v) is 18.3. The van der Waals surface area contributed by atoms with Gasteiger partial charge in [-0.05, 0) is 36.9 Å². The molecule has 0 saturated heterocycles. The van der Waals surface area contributed by atoms with Gasteiger partial charge in [-0.2, -0.15) is 86.4 Å². The first-order chi connectivity index (χ1) is 15.8. The summed E-state index contributed by atoms with van der Waals surface area (Å²) < 4.78 is 225. The van der Waals surface area contributed by atoms with E-state index in [0.717, 1.165) is 12.8 Å². The molecule has 0 nitrogen and oxygen atoms in total. The molecule has 0 heterocycles. The molecule has 0 N–H and O–H groups in total. The van der Waals surface area contributed by atoms with E-state index in [9.17, 15) is 74.6 Å². The molecule has 3 aliphatic rings. The van der Waals surface area contributed by atoms with Crippen molar-refractivity contribution in [3.05, 3.63) is 0 Å². The van der Waals surface area contributed by atoms with E-state index in [2.05, 4.69) is 0 Å². The number of hydrogen-bond acceptors (Lipinski definition) is 1. The highest BCUT2D eigenvalue weighted by Gasteiger charge is 2.95. The number of rotatable bonds is 10. The molecule has 214 valence electrons. The second kappa shape index (κ2) is 9.12. The smallest absolute Gasteiger partial charge is 0.200 e. The molecule has 2 bridgehead atoms. The average Bonchev–Trinajstić information content (AvgIpc) is 2.72. The Labute approximate surface area is 196 Å². The first kappa shape index (κ1) is 31.4. The standard InChI is InChI=1S/C18H17F17S/c19-11(20,5-6-36-10-7-8-1-3-9(10)4-2-8)12(21,22)13(23,24)14(25,26)15(27,28)16(29,30)17(31,32)18(33,34)35/h8-10H,1-7H2. The van der Waals surface area contributed by atoms with Crippen molar-refractivity contribution >= 4 is 11.8 Å². The van der Waals surface area contributed by atoms with Gasteiger partial charge in [-0.3, -0.25) is 0 Å². The third-order valence-corrected chi connectivity index (χ3v) is 7.96. The highest BCUT2D eigenvalue weighted by molar-refractivity contribution is 7.99. The Morgan fingerprint density at radius 3 is 1.25 bits per heavy atom. The van der Waals surface area contributed by atoms with Gasteiger partial charge >= 0.3 is 47.6 Å². The highest BCUT2D eigenvalue weighted by Crippen LogP contribution is 2.64. The van der Waals surface area contributed by atoms with Crippen molar-refractivity contribution in [2.75, 3.05) is 5.75 Å². The number of hydrogen-bond donors (Lipinski definition) is 0. The van der Waals surface area contributed by atoms with Crippen LogP contribution in [0.3, 0.4) is 0 Å². The van der Waals surface area contributed by atoms with E-state index in [1.165, 1.54) is 0 Å². The molecular formula is C18H17F17S. The average molecular weight is 588 g/mol. The molecule has 0 spiro atoms. The third kappa shape index (κ3) is 4.51. The topological polar surface area (TPSA) is 0 Å². The van der Waals surface area contributed by atoms with Crippen LogP contribution in [0, 0.1) is 11.8 Å². The maximum absolute atomic E-state index is 13.9. The molecule has 1 unspecified atom stereocenters. The van der Waals surface area contributed by atoms with Gasteiger partial charge in [0.25, 0.3) is 0 Å². The lowest BCUT2D eigenvalue weighted by molar-refractivity contribution is -0.461. The monoisotopic (exact) mass is 588 g/mol. The van der Waals surface area contributed by atoms with E-state index >= 15 is 0 Å². The lowest BCUT2D eigenvalue weighted by atomic mass is 9.70. The van der Waals surface area contributed by atoms with Gasteiger partial charge in [0.05, 0.1) is 0 Å². The van der Waals surface area contributed by atoms with Crippen LogP contribution in [0.15, 0.2) is 0 Å². The van der Waals surface area contributed by atoms with Crippen molar-refractivity contribution in [2.24, 2.45) is 11.8 Å². The summed E-state index contributed by atoms with van der Waals surface area (Å²) in [6.07, 6.45) is -6.69. The van der Waals surface area contributed by atoms with Crippen molar-refractivity contribution in [1.82, 2.24) is 0 Å². The molecule has 0 radical (unpaired) electrons. The normalized spacial score (nSPS) is 25.4. The van der Waals surface area contributed by atoms with E-state index in [0.29, 0.717) is 31.0 Å². The van der Waals surface area contributed by atoms with Gasteiger partial charge in [0.1, 0.15) is 0 Å². The molecule has 0 amide bonds. The summed E-state index contributed by atoms with van der Waals surface area (Å²) in [4.78, 5) is 0. The molecule has 0 aromatic heterocycles. The Bertz CT molecular complexity index is 779. The molecule has 18 heteroatoms. The molecule has 3 fully saturated rings. The fourth-order valence-corrected chi connectivity index (χ4v) is 5.84. The molecule has 0 aliphatic heterocycles. The van der Waals surface area contributed by atoms with Crippen LogP contribution >= 0.6 is 11.8 Å². The lowest BCUT2D eigenvalue weighted by Gasteiger charge is -2.43. The second-order valence-electron chi connectivity index (χ2n) is 8.82. The molecule has 3 saturated carbocycles. The zero-order valence-electron chi connectivity index (χ0n) is 17.5. The Hall–Kier alpha value is -0.840. The van der Waals surface area contributed by atoms with Crippen molar-refractivity contribution < 1.29 is 74.6 Å². The SMILES string of the molecule is FC(F)(F)C(F)(F)C(F)(F)C(F)(F)C(F)(F)C(F)(F)C(F)(F)C(F)(F)CCSC1CC2CCC1CC2. The fourth-order valence-electron chi connectivity index (χ4n) is 4.21. The minimum Gasteiger partial charge on any atom is -0.200 e. The second-order valence-corrected chi connectivity index (χ2v) is 10.2. The van der Waals surface area contributed by atoms with E-state index in [-0.39, 0.29) is 17.1 Å². The zero-order chi connectivity index (χ0) is 28.4. The van der Waals surface area contributed by atoms with Gasteiger partial charge in [-0.25, -0.2) is 0 Å². The number of thioether (sulfide) groups is 1. The Balaban J connectivity index is 2.29. The summed E-state index contributed by atoms with van der Waals surface area (Å²) in [7, 11) is 0.